The van der Waals surface area contributed by atoms with Crippen molar-refractivity contribution in [3.8, 4) is 0 Å². The Balaban J connectivity index is 2.73. The van der Waals surface area contributed by atoms with Gasteiger partial charge < -0.3 is 10.1 Å². The van der Waals surface area contributed by atoms with Gasteiger partial charge >= 0.3 is 0 Å². The molecule has 0 fully saturated rings. The van der Waals surface area contributed by atoms with Crippen molar-refractivity contribution >= 4 is 15.9 Å². The van der Waals surface area contributed by atoms with E-state index in [-0.39, 0.29) is 6.10 Å². The van der Waals surface area contributed by atoms with Crippen LogP contribution in [0.3, 0.4) is 0 Å². The van der Waals surface area contributed by atoms with E-state index in [0.717, 1.165) is 25.9 Å². The highest BCUT2D eigenvalue weighted by Gasteiger charge is 2.20. The van der Waals surface area contributed by atoms with Gasteiger partial charge in [0.05, 0.1) is 6.10 Å². The number of halogens is 1. The van der Waals surface area contributed by atoms with Gasteiger partial charge in [0, 0.05) is 17.1 Å². The molecular formula is C15H24BrNO. The first-order valence-corrected chi connectivity index (χ1v) is 7.54. The van der Waals surface area contributed by atoms with Crippen molar-refractivity contribution in [1.82, 2.24) is 5.32 Å². The van der Waals surface area contributed by atoms with Crippen molar-refractivity contribution in [2.75, 3.05) is 13.7 Å². The molecule has 18 heavy (non-hydrogen) atoms. The molecule has 0 aliphatic carbocycles. The molecule has 102 valence electrons. The topological polar surface area (TPSA) is 21.3 Å². The second kappa shape index (κ2) is 8.68. The number of likely N-dealkylation sites (N-methyl/N-ethyl adjacent to an activating group) is 1. The summed E-state index contributed by atoms with van der Waals surface area (Å²) in [5.74, 6) is 0. The summed E-state index contributed by atoms with van der Waals surface area (Å²) in [6.45, 7) is 5.05. The van der Waals surface area contributed by atoms with E-state index in [1.54, 1.807) is 0 Å². The molecule has 0 amide bonds. The normalized spacial score (nSPS) is 14.4. The van der Waals surface area contributed by atoms with E-state index in [1.165, 1.54) is 10.0 Å². The smallest absolute Gasteiger partial charge is 0.0730 e. The Morgan fingerprint density at radius 3 is 2.56 bits per heavy atom. The average Bonchev–Trinajstić information content (AvgIpc) is 2.38. The van der Waals surface area contributed by atoms with E-state index >= 15 is 0 Å². The molecule has 0 saturated carbocycles. The Hall–Kier alpha value is -0.380. The van der Waals surface area contributed by atoms with E-state index < -0.39 is 0 Å². The molecule has 0 aliphatic heterocycles. The molecule has 1 N–H and O–H groups in total. The van der Waals surface area contributed by atoms with Gasteiger partial charge in [-0.2, -0.15) is 0 Å². The molecule has 3 heteroatoms. The van der Waals surface area contributed by atoms with Crippen LogP contribution < -0.4 is 5.32 Å². The van der Waals surface area contributed by atoms with Crippen molar-refractivity contribution in [1.29, 1.82) is 0 Å². The van der Waals surface area contributed by atoms with E-state index in [0.29, 0.717) is 6.04 Å². The number of rotatable bonds is 8. The fourth-order valence-electron chi connectivity index (χ4n) is 2.22. The molecule has 1 aromatic rings. The first kappa shape index (κ1) is 15.7. The maximum absolute atomic E-state index is 5.87. The van der Waals surface area contributed by atoms with Crippen molar-refractivity contribution in [2.45, 2.75) is 45.3 Å². The Kier molecular flexibility index (Phi) is 7.56. The van der Waals surface area contributed by atoms with Gasteiger partial charge in [0.1, 0.15) is 0 Å². The second-order valence-corrected chi connectivity index (χ2v) is 5.33. The number of benzene rings is 1. The molecule has 1 rings (SSSR count). The van der Waals surface area contributed by atoms with E-state index in [2.05, 4.69) is 53.3 Å². The summed E-state index contributed by atoms with van der Waals surface area (Å²) >= 11 is 3.61. The molecule has 0 heterocycles. The van der Waals surface area contributed by atoms with Crippen LogP contribution in [0.2, 0.25) is 0 Å². The molecule has 0 saturated heterocycles. The van der Waals surface area contributed by atoms with Gasteiger partial charge in [-0.1, -0.05) is 47.5 Å². The molecule has 0 aliphatic rings. The van der Waals surface area contributed by atoms with Gasteiger partial charge in [-0.05, 0) is 38.4 Å². The zero-order chi connectivity index (χ0) is 13.4. The molecule has 0 radical (unpaired) electrons. The van der Waals surface area contributed by atoms with Crippen molar-refractivity contribution in [3.05, 3.63) is 34.3 Å². The molecule has 0 spiro atoms. The number of hydrogen-bond acceptors (Lipinski definition) is 2. The van der Waals surface area contributed by atoms with Gasteiger partial charge in [0.2, 0.25) is 0 Å². The predicted octanol–water partition coefficient (Wildman–Crippen LogP) is 3.78. The van der Waals surface area contributed by atoms with E-state index in [4.69, 9.17) is 4.74 Å². The zero-order valence-corrected chi connectivity index (χ0v) is 13.2. The fraction of sp³-hybridized carbons (Fsp3) is 0.600. The Bertz CT molecular complexity index is 337. The minimum absolute atomic E-state index is 0.289. The maximum atomic E-state index is 5.87. The predicted molar refractivity (Wildman–Crippen MR) is 81.0 cm³/mol. The molecule has 2 nitrogen and oxygen atoms in total. The van der Waals surface area contributed by atoms with Crippen LogP contribution in [0, 0.1) is 0 Å². The highest BCUT2D eigenvalue weighted by atomic mass is 79.9. The number of nitrogens with one attached hydrogen (secondary N) is 1. The quantitative estimate of drug-likeness (QED) is 0.788. The number of ether oxygens (including phenoxy) is 1. The van der Waals surface area contributed by atoms with Crippen LogP contribution in [0.5, 0.6) is 0 Å². The van der Waals surface area contributed by atoms with Crippen LogP contribution in [0.25, 0.3) is 0 Å². The summed E-state index contributed by atoms with van der Waals surface area (Å²) in [4.78, 5) is 0. The highest BCUT2D eigenvalue weighted by Crippen LogP contribution is 2.20. The van der Waals surface area contributed by atoms with Crippen LogP contribution >= 0.6 is 15.9 Å². The maximum Gasteiger partial charge on any atom is 0.0730 e. The Labute approximate surface area is 119 Å². The molecule has 2 unspecified atom stereocenters. The van der Waals surface area contributed by atoms with Crippen LogP contribution in [0.15, 0.2) is 28.7 Å². The fourth-order valence-corrected chi connectivity index (χ4v) is 2.67. The first-order valence-electron chi connectivity index (χ1n) is 6.75. The standard InChI is InChI=1S/C15H24BrNO/c1-4-8-15(18-5-2)14(17-3)11-12-9-6-7-10-13(12)16/h6-7,9-10,14-15,17H,4-5,8,11H2,1-3H3. The summed E-state index contributed by atoms with van der Waals surface area (Å²) in [7, 11) is 2.02. The van der Waals surface area contributed by atoms with Gasteiger partial charge in [-0.15, -0.1) is 0 Å². The minimum atomic E-state index is 0.289. The van der Waals surface area contributed by atoms with E-state index in [1.807, 2.05) is 13.1 Å². The molecule has 2 atom stereocenters. The summed E-state index contributed by atoms with van der Waals surface area (Å²) in [6.07, 6.45) is 3.53. The third kappa shape index (κ3) is 4.71. The lowest BCUT2D eigenvalue weighted by Gasteiger charge is -2.27. The summed E-state index contributed by atoms with van der Waals surface area (Å²) < 4.78 is 7.05. The SMILES string of the molecule is CCCC(OCC)C(Cc1ccccc1Br)NC. The third-order valence-electron chi connectivity index (χ3n) is 3.17. The molecule has 0 bridgehead atoms. The van der Waals surface area contributed by atoms with Gasteiger partial charge in [0.25, 0.3) is 0 Å². The Morgan fingerprint density at radius 1 is 1.28 bits per heavy atom. The van der Waals surface area contributed by atoms with Crippen LogP contribution in [0.4, 0.5) is 0 Å². The summed E-state index contributed by atoms with van der Waals surface area (Å²) in [6, 6.07) is 8.76. The van der Waals surface area contributed by atoms with Gasteiger partial charge in [-0.3, -0.25) is 0 Å². The van der Waals surface area contributed by atoms with Crippen molar-refractivity contribution < 1.29 is 4.74 Å². The van der Waals surface area contributed by atoms with Gasteiger partial charge in [0.15, 0.2) is 0 Å². The van der Waals surface area contributed by atoms with Crippen LogP contribution in [-0.2, 0) is 11.2 Å². The first-order chi connectivity index (χ1) is 8.72. The lowest BCUT2D eigenvalue weighted by atomic mass is 9.98. The lowest BCUT2D eigenvalue weighted by Crippen LogP contribution is -2.41. The van der Waals surface area contributed by atoms with Gasteiger partial charge in [-0.25, -0.2) is 0 Å². The molecule has 0 aromatic heterocycles. The van der Waals surface area contributed by atoms with Crippen molar-refractivity contribution in [2.24, 2.45) is 0 Å². The zero-order valence-electron chi connectivity index (χ0n) is 11.6. The minimum Gasteiger partial charge on any atom is -0.377 e. The highest BCUT2D eigenvalue weighted by molar-refractivity contribution is 9.10. The van der Waals surface area contributed by atoms with Crippen LogP contribution in [0.1, 0.15) is 32.3 Å². The Morgan fingerprint density at radius 2 is 2.00 bits per heavy atom. The average molecular weight is 314 g/mol. The van der Waals surface area contributed by atoms with Crippen LogP contribution in [-0.4, -0.2) is 25.8 Å². The van der Waals surface area contributed by atoms with E-state index in [9.17, 15) is 0 Å². The summed E-state index contributed by atoms with van der Waals surface area (Å²) in [5.41, 5.74) is 1.33. The third-order valence-corrected chi connectivity index (χ3v) is 3.94. The monoisotopic (exact) mass is 313 g/mol. The summed E-state index contributed by atoms with van der Waals surface area (Å²) in [5, 5.41) is 3.40. The molecule has 1 aromatic carbocycles. The largest absolute Gasteiger partial charge is 0.377 e. The number of hydrogen-bond donors (Lipinski definition) is 1. The second-order valence-electron chi connectivity index (χ2n) is 4.47. The van der Waals surface area contributed by atoms with Crippen molar-refractivity contribution in [3.63, 3.8) is 0 Å². The molecular weight excluding hydrogens is 290 g/mol. The lowest BCUT2D eigenvalue weighted by molar-refractivity contribution is 0.0300.